The fourth-order valence-electron chi connectivity index (χ4n) is 2.62. The van der Waals surface area contributed by atoms with Crippen molar-refractivity contribution < 1.29 is 4.74 Å². The van der Waals surface area contributed by atoms with Crippen molar-refractivity contribution in [2.45, 2.75) is 47.0 Å². The van der Waals surface area contributed by atoms with Gasteiger partial charge in [0.2, 0.25) is 0 Å². The highest BCUT2D eigenvalue weighted by Gasteiger charge is 2.24. The predicted molar refractivity (Wildman–Crippen MR) is 86.2 cm³/mol. The van der Waals surface area contributed by atoms with Gasteiger partial charge in [-0.15, -0.1) is 0 Å². The first-order valence-corrected chi connectivity index (χ1v) is 7.98. The molecule has 4 heteroatoms. The van der Waals surface area contributed by atoms with Crippen LogP contribution >= 0.6 is 0 Å². The van der Waals surface area contributed by atoms with Crippen LogP contribution in [0.4, 0.5) is 0 Å². The fourth-order valence-corrected chi connectivity index (χ4v) is 2.62. The van der Waals surface area contributed by atoms with Crippen LogP contribution in [0.5, 0.6) is 0 Å². The van der Waals surface area contributed by atoms with Crippen LogP contribution in [0.3, 0.4) is 0 Å². The lowest BCUT2D eigenvalue weighted by atomic mass is 9.91. The molecular formula is C16H33N3O. The van der Waals surface area contributed by atoms with Gasteiger partial charge in [-0.1, -0.05) is 20.8 Å². The van der Waals surface area contributed by atoms with E-state index in [9.17, 15) is 0 Å². The van der Waals surface area contributed by atoms with Gasteiger partial charge in [-0.05, 0) is 31.6 Å². The molecule has 1 rings (SSSR count). The number of ether oxygens (including phenoxy) is 1. The van der Waals surface area contributed by atoms with Gasteiger partial charge in [-0.2, -0.15) is 0 Å². The maximum Gasteiger partial charge on any atom is 0.193 e. The molecule has 1 aliphatic rings. The summed E-state index contributed by atoms with van der Waals surface area (Å²) in [6.45, 7) is 13.9. The van der Waals surface area contributed by atoms with Gasteiger partial charge in [0.1, 0.15) is 0 Å². The van der Waals surface area contributed by atoms with Crippen LogP contribution in [0.1, 0.15) is 47.0 Å². The van der Waals surface area contributed by atoms with Crippen molar-refractivity contribution in [3.05, 3.63) is 0 Å². The zero-order valence-electron chi connectivity index (χ0n) is 14.0. The molecule has 0 aromatic heterocycles. The zero-order valence-corrected chi connectivity index (χ0v) is 14.0. The van der Waals surface area contributed by atoms with Gasteiger partial charge in [-0.25, -0.2) is 0 Å². The van der Waals surface area contributed by atoms with Gasteiger partial charge in [0.05, 0.1) is 6.61 Å². The largest absolute Gasteiger partial charge is 0.384 e. The lowest BCUT2D eigenvalue weighted by Crippen LogP contribution is -2.40. The molecule has 118 valence electrons. The molecule has 1 unspecified atom stereocenters. The lowest BCUT2D eigenvalue weighted by molar-refractivity contribution is 0.157. The summed E-state index contributed by atoms with van der Waals surface area (Å²) in [5, 5.41) is 3.42. The predicted octanol–water partition coefficient (Wildman–Crippen LogP) is 2.75. The van der Waals surface area contributed by atoms with Crippen molar-refractivity contribution in [2.24, 2.45) is 16.3 Å². The Bertz CT molecular complexity index is 297. The summed E-state index contributed by atoms with van der Waals surface area (Å²) in [6.07, 6.45) is 3.59. The Hall–Kier alpha value is -0.770. The third-order valence-electron chi connectivity index (χ3n) is 3.67. The summed E-state index contributed by atoms with van der Waals surface area (Å²) in [7, 11) is 1.79. The average molecular weight is 283 g/mol. The lowest BCUT2D eigenvalue weighted by Gasteiger charge is -2.22. The van der Waals surface area contributed by atoms with Crippen molar-refractivity contribution >= 4 is 5.96 Å². The third-order valence-corrected chi connectivity index (χ3v) is 3.67. The number of nitrogens with zero attached hydrogens (tertiary/aromatic N) is 2. The normalized spacial score (nSPS) is 20.6. The number of rotatable bonds is 6. The van der Waals surface area contributed by atoms with Gasteiger partial charge in [0.25, 0.3) is 0 Å². The summed E-state index contributed by atoms with van der Waals surface area (Å²) in [5.74, 6) is 1.73. The van der Waals surface area contributed by atoms with E-state index in [0.717, 1.165) is 45.2 Å². The van der Waals surface area contributed by atoms with E-state index in [2.05, 4.69) is 37.9 Å². The average Bonchev–Trinajstić information content (AvgIpc) is 2.81. The molecule has 1 saturated heterocycles. The van der Waals surface area contributed by atoms with Crippen LogP contribution in [0, 0.1) is 11.3 Å². The van der Waals surface area contributed by atoms with Gasteiger partial charge < -0.3 is 15.0 Å². The van der Waals surface area contributed by atoms with E-state index in [0.29, 0.717) is 11.3 Å². The Morgan fingerprint density at radius 3 is 2.75 bits per heavy atom. The molecule has 1 fully saturated rings. The second-order valence-corrected chi connectivity index (χ2v) is 6.96. The number of methoxy groups -OCH3 is 1. The molecule has 20 heavy (non-hydrogen) atoms. The van der Waals surface area contributed by atoms with Crippen LogP contribution in [-0.4, -0.2) is 50.8 Å². The summed E-state index contributed by atoms with van der Waals surface area (Å²) >= 11 is 0. The molecule has 0 aromatic rings. The molecule has 0 aliphatic carbocycles. The Balaban J connectivity index is 2.43. The van der Waals surface area contributed by atoms with E-state index >= 15 is 0 Å². The molecule has 0 amide bonds. The monoisotopic (exact) mass is 283 g/mol. The first-order valence-electron chi connectivity index (χ1n) is 7.98. The minimum atomic E-state index is 0.408. The van der Waals surface area contributed by atoms with E-state index in [4.69, 9.17) is 9.73 Å². The van der Waals surface area contributed by atoms with Crippen molar-refractivity contribution in [3.8, 4) is 0 Å². The number of likely N-dealkylation sites (tertiary alicyclic amines) is 1. The first kappa shape index (κ1) is 17.3. The smallest absolute Gasteiger partial charge is 0.193 e. The van der Waals surface area contributed by atoms with Crippen LogP contribution in [0.25, 0.3) is 0 Å². The first-order chi connectivity index (χ1) is 9.46. The summed E-state index contributed by atoms with van der Waals surface area (Å²) in [6, 6.07) is 0. The molecule has 0 aromatic carbocycles. The third kappa shape index (κ3) is 6.60. The number of guanidine groups is 1. The Morgan fingerprint density at radius 1 is 1.40 bits per heavy atom. The summed E-state index contributed by atoms with van der Waals surface area (Å²) < 4.78 is 5.26. The molecule has 1 heterocycles. The van der Waals surface area contributed by atoms with Gasteiger partial charge in [0, 0.05) is 39.2 Å². The van der Waals surface area contributed by atoms with Crippen LogP contribution in [0.15, 0.2) is 4.99 Å². The van der Waals surface area contributed by atoms with Crippen molar-refractivity contribution in [1.82, 2.24) is 10.2 Å². The SMILES string of the molecule is CCNC(=NCCCC(C)(C)C)N1CCC(COC)C1. The number of hydrogen-bond acceptors (Lipinski definition) is 2. The molecule has 1 aliphatic heterocycles. The maximum atomic E-state index is 5.26. The minimum Gasteiger partial charge on any atom is -0.384 e. The second-order valence-electron chi connectivity index (χ2n) is 6.96. The maximum absolute atomic E-state index is 5.26. The van der Waals surface area contributed by atoms with Crippen LogP contribution in [0.2, 0.25) is 0 Å². The van der Waals surface area contributed by atoms with Crippen LogP contribution < -0.4 is 5.32 Å². The van der Waals surface area contributed by atoms with Gasteiger partial charge >= 0.3 is 0 Å². The molecule has 4 nitrogen and oxygen atoms in total. The second kappa shape index (κ2) is 8.50. The number of hydrogen-bond donors (Lipinski definition) is 1. The highest BCUT2D eigenvalue weighted by molar-refractivity contribution is 5.80. The zero-order chi connectivity index (χ0) is 15.0. The van der Waals surface area contributed by atoms with Gasteiger partial charge in [-0.3, -0.25) is 4.99 Å². The molecule has 0 radical (unpaired) electrons. The van der Waals surface area contributed by atoms with Crippen molar-refractivity contribution in [1.29, 1.82) is 0 Å². The van der Waals surface area contributed by atoms with E-state index in [1.165, 1.54) is 12.8 Å². The topological polar surface area (TPSA) is 36.9 Å². The van der Waals surface area contributed by atoms with E-state index in [-0.39, 0.29) is 0 Å². The number of aliphatic imine (C=N–C) groups is 1. The van der Waals surface area contributed by atoms with Gasteiger partial charge in [0.15, 0.2) is 5.96 Å². The van der Waals surface area contributed by atoms with E-state index in [1.54, 1.807) is 7.11 Å². The van der Waals surface area contributed by atoms with Crippen molar-refractivity contribution in [2.75, 3.05) is 39.9 Å². The van der Waals surface area contributed by atoms with E-state index in [1.807, 2.05) is 0 Å². The fraction of sp³-hybridized carbons (Fsp3) is 0.938. The quantitative estimate of drug-likeness (QED) is 0.463. The molecule has 0 spiro atoms. The van der Waals surface area contributed by atoms with Crippen LogP contribution in [-0.2, 0) is 4.74 Å². The summed E-state index contributed by atoms with van der Waals surface area (Å²) in [4.78, 5) is 7.16. The molecular weight excluding hydrogens is 250 g/mol. The minimum absolute atomic E-state index is 0.408. The Kier molecular flexibility index (Phi) is 7.35. The Labute approximate surface area is 125 Å². The highest BCUT2D eigenvalue weighted by atomic mass is 16.5. The number of nitrogens with one attached hydrogen (secondary N) is 1. The standard InChI is InChI=1S/C16H33N3O/c1-6-17-15(18-10-7-9-16(2,3)4)19-11-8-14(12-19)13-20-5/h14H,6-13H2,1-5H3,(H,17,18). The van der Waals surface area contributed by atoms with E-state index < -0.39 is 0 Å². The summed E-state index contributed by atoms with van der Waals surface area (Å²) in [5.41, 5.74) is 0.408. The molecule has 0 saturated carbocycles. The Morgan fingerprint density at radius 2 is 2.15 bits per heavy atom. The molecule has 1 atom stereocenters. The van der Waals surface area contributed by atoms with Crippen molar-refractivity contribution in [3.63, 3.8) is 0 Å². The molecule has 0 bridgehead atoms. The molecule has 1 N–H and O–H groups in total. The highest BCUT2D eigenvalue weighted by Crippen LogP contribution is 2.20.